The molecule has 0 spiro atoms. The van der Waals surface area contributed by atoms with Crippen LogP contribution in [0.25, 0.3) is 0 Å². The highest BCUT2D eigenvalue weighted by molar-refractivity contribution is 5.85. The first-order valence-corrected chi connectivity index (χ1v) is 9.07. The Balaban J connectivity index is 2.17. The molecule has 0 aliphatic rings. The SMILES string of the molecule is CCC(=O)N(CC(=O)N(Cc1ccccc1)Cc1ccc(C)o1)C(C)C. The Hall–Kier alpha value is -2.56. The molecule has 0 saturated carbocycles. The molecule has 1 aromatic heterocycles. The first kappa shape index (κ1) is 19.8. The van der Waals surface area contributed by atoms with Gasteiger partial charge in [0.1, 0.15) is 11.5 Å². The zero-order valence-electron chi connectivity index (χ0n) is 16.1. The predicted molar refractivity (Wildman–Crippen MR) is 101 cm³/mol. The molecule has 0 saturated heterocycles. The van der Waals surface area contributed by atoms with E-state index in [0.717, 1.165) is 17.1 Å². The Morgan fingerprint density at radius 2 is 1.69 bits per heavy atom. The van der Waals surface area contributed by atoms with Crippen molar-refractivity contribution in [3.63, 3.8) is 0 Å². The van der Waals surface area contributed by atoms with Crippen LogP contribution in [0, 0.1) is 6.92 Å². The zero-order valence-corrected chi connectivity index (χ0v) is 16.1. The lowest BCUT2D eigenvalue weighted by Crippen LogP contribution is -2.45. The van der Waals surface area contributed by atoms with Crippen molar-refractivity contribution in [2.75, 3.05) is 6.54 Å². The summed E-state index contributed by atoms with van der Waals surface area (Å²) < 4.78 is 5.65. The Kier molecular flexibility index (Phi) is 7.01. The van der Waals surface area contributed by atoms with E-state index in [2.05, 4.69) is 0 Å². The first-order chi connectivity index (χ1) is 12.4. The van der Waals surface area contributed by atoms with Gasteiger partial charge in [-0.1, -0.05) is 37.3 Å². The summed E-state index contributed by atoms with van der Waals surface area (Å²) in [5, 5.41) is 0. The minimum Gasteiger partial charge on any atom is -0.464 e. The number of aryl methyl sites for hydroxylation is 1. The molecule has 0 N–H and O–H groups in total. The van der Waals surface area contributed by atoms with Crippen LogP contribution in [0.2, 0.25) is 0 Å². The van der Waals surface area contributed by atoms with Crippen molar-refractivity contribution in [1.82, 2.24) is 9.80 Å². The van der Waals surface area contributed by atoms with Gasteiger partial charge in [-0.25, -0.2) is 0 Å². The number of amides is 2. The predicted octanol–water partition coefficient (Wildman–Crippen LogP) is 3.76. The summed E-state index contributed by atoms with van der Waals surface area (Å²) in [6, 6.07) is 13.6. The van der Waals surface area contributed by atoms with Gasteiger partial charge in [0, 0.05) is 19.0 Å². The van der Waals surface area contributed by atoms with Gasteiger partial charge in [0.05, 0.1) is 13.1 Å². The van der Waals surface area contributed by atoms with E-state index in [1.807, 2.05) is 70.2 Å². The van der Waals surface area contributed by atoms with Crippen LogP contribution in [-0.2, 0) is 22.7 Å². The van der Waals surface area contributed by atoms with Gasteiger partial charge in [0.2, 0.25) is 11.8 Å². The van der Waals surface area contributed by atoms with E-state index < -0.39 is 0 Å². The highest BCUT2D eigenvalue weighted by Crippen LogP contribution is 2.14. The molecule has 0 unspecified atom stereocenters. The fourth-order valence-electron chi connectivity index (χ4n) is 2.80. The molecule has 5 nitrogen and oxygen atoms in total. The van der Waals surface area contributed by atoms with E-state index in [4.69, 9.17) is 4.42 Å². The Morgan fingerprint density at radius 1 is 1.00 bits per heavy atom. The Bertz CT molecular complexity index is 722. The normalized spacial score (nSPS) is 10.8. The van der Waals surface area contributed by atoms with Crippen LogP contribution in [0.5, 0.6) is 0 Å². The quantitative estimate of drug-likeness (QED) is 0.723. The number of rotatable bonds is 8. The molecule has 0 fully saturated rings. The lowest BCUT2D eigenvalue weighted by molar-refractivity contribution is -0.142. The van der Waals surface area contributed by atoms with Crippen molar-refractivity contribution >= 4 is 11.8 Å². The maximum absolute atomic E-state index is 13.0. The molecule has 0 atom stereocenters. The third-order valence-electron chi connectivity index (χ3n) is 4.26. The van der Waals surface area contributed by atoms with E-state index in [1.165, 1.54) is 0 Å². The highest BCUT2D eigenvalue weighted by atomic mass is 16.3. The van der Waals surface area contributed by atoms with E-state index in [9.17, 15) is 9.59 Å². The lowest BCUT2D eigenvalue weighted by Gasteiger charge is -2.29. The summed E-state index contributed by atoms with van der Waals surface area (Å²) in [5.74, 6) is 1.46. The summed E-state index contributed by atoms with van der Waals surface area (Å²) in [7, 11) is 0. The average Bonchev–Trinajstić information content (AvgIpc) is 3.03. The largest absolute Gasteiger partial charge is 0.464 e. The van der Waals surface area contributed by atoms with Gasteiger partial charge in [-0.2, -0.15) is 0 Å². The number of carbonyl (C=O) groups is 2. The maximum Gasteiger partial charge on any atom is 0.242 e. The summed E-state index contributed by atoms with van der Waals surface area (Å²) >= 11 is 0. The first-order valence-electron chi connectivity index (χ1n) is 9.07. The molecule has 2 amide bonds. The van der Waals surface area contributed by atoms with Crippen molar-refractivity contribution in [3.05, 3.63) is 59.5 Å². The van der Waals surface area contributed by atoms with Gasteiger partial charge >= 0.3 is 0 Å². The fourth-order valence-corrected chi connectivity index (χ4v) is 2.80. The number of benzene rings is 1. The van der Waals surface area contributed by atoms with Gasteiger partial charge in [-0.05, 0) is 38.5 Å². The standard InChI is InChI=1S/C21H28N2O3/c1-5-20(24)23(16(2)3)15-21(25)22(13-18-9-7-6-8-10-18)14-19-12-11-17(4)26-19/h6-12,16H,5,13-15H2,1-4H3. The van der Waals surface area contributed by atoms with Crippen LogP contribution in [-0.4, -0.2) is 34.2 Å². The van der Waals surface area contributed by atoms with Crippen LogP contribution >= 0.6 is 0 Å². The molecule has 0 aliphatic heterocycles. The molecule has 1 heterocycles. The second kappa shape index (κ2) is 9.22. The topological polar surface area (TPSA) is 53.8 Å². The van der Waals surface area contributed by atoms with E-state index >= 15 is 0 Å². The molecule has 2 rings (SSSR count). The van der Waals surface area contributed by atoms with Gasteiger partial charge < -0.3 is 14.2 Å². The second-order valence-corrected chi connectivity index (χ2v) is 6.72. The molecule has 0 aliphatic carbocycles. The van der Waals surface area contributed by atoms with Crippen molar-refractivity contribution in [2.24, 2.45) is 0 Å². The van der Waals surface area contributed by atoms with E-state index in [0.29, 0.717) is 19.5 Å². The number of furan rings is 1. The van der Waals surface area contributed by atoms with Crippen molar-refractivity contribution in [2.45, 2.75) is 53.2 Å². The number of carbonyl (C=O) groups excluding carboxylic acids is 2. The molecule has 2 aromatic rings. The van der Waals surface area contributed by atoms with Gasteiger partial charge in [0.15, 0.2) is 0 Å². The summed E-state index contributed by atoms with van der Waals surface area (Å²) in [6.45, 7) is 8.50. The Morgan fingerprint density at radius 3 is 2.23 bits per heavy atom. The second-order valence-electron chi connectivity index (χ2n) is 6.72. The minimum absolute atomic E-state index is 0.0122. The summed E-state index contributed by atoms with van der Waals surface area (Å²) in [5.41, 5.74) is 1.04. The number of hydrogen-bond acceptors (Lipinski definition) is 3. The third kappa shape index (κ3) is 5.48. The zero-order chi connectivity index (χ0) is 19.1. The average molecular weight is 356 g/mol. The summed E-state index contributed by atoms with van der Waals surface area (Å²) in [4.78, 5) is 28.5. The van der Waals surface area contributed by atoms with Crippen molar-refractivity contribution in [3.8, 4) is 0 Å². The number of nitrogens with zero attached hydrogens (tertiary/aromatic N) is 2. The minimum atomic E-state index is -0.0848. The molecular formula is C21H28N2O3. The van der Waals surface area contributed by atoms with Gasteiger partial charge in [-0.15, -0.1) is 0 Å². The van der Waals surface area contributed by atoms with Crippen LogP contribution in [0.4, 0.5) is 0 Å². The number of hydrogen-bond donors (Lipinski definition) is 0. The van der Waals surface area contributed by atoms with E-state index in [1.54, 1.807) is 9.80 Å². The third-order valence-corrected chi connectivity index (χ3v) is 4.26. The molecule has 1 aromatic carbocycles. The van der Waals surface area contributed by atoms with Crippen LogP contribution in [0.15, 0.2) is 46.9 Å². The maximum atomic E-state index is 13.0. The van der Waals surface area contributed by atoms with Crippen molar-refractivity contribution in [1.29, 1.82) is 0 Å². The fraction of sp³-hybridized carbons (Fsp3) is 0.429. The monoisotopic (exact) mass is 356 g/mol. The van der Waals surface area contributed by atoms with Crippen molar-refractivity contribution < 1.29 is 14.0 Å². The Labute approximate surface area is 155 Å². The van der Waals surface area contributed by atoms with Gasteiger partial charge in [-0.3, -0.25) is 9.59 Å². The molecule has 5 heteroatoms. The lowest BCUT2D eigenvalue weighted by atomic mass is 10.2. The van der Waals surface area contributed by atoms with Crippen LogP contribution in [0.3, 0.4) is 0 Å². The molecule has 0 bridgehead atoms. The van der Waals surface area contributed by atoms with Crippen LogP contribution in [0.1, 0.15) is 44.3 Å². The molecular weight excluding hydrogens is 328 g/mol. The van der Waals surface area contributed by atoms with E-state index in [-0.39, 0.29) is 24.4 Å². The smallest absolute Gasteiger partial charge is 0.242 e. The van der Waals surface area contributed by atoms with Gasteiger partial charge in [0.25, 0.3) is 0 Å². The van der Waals surface area contributed by atoms with Crippen LogP contribution < -0.4 is 0 Å². The molecule has 26 heavy (non-hydrogen) atoms. The molecule has 140 valence electrons. The summed E-state index contributed by atoms with van der Waals surface area (Å²) in [6.07, 6.45) is 0.390. The highest BCUT2D eigenvalue weighted by Gasteiger charge is 2.23. The molecule has 0 radical (unpaired) electrons.